The normalized spacial score (nSPS) is 17.2. The first kappa shape index (κ1) is 15.3. The Hall–Kier alpha value is -0.790. The SMILES string of the molecule is Cn1cc(CN=C(N)N2CCCCCC2)cn1.I. The summed E-state index contributed by atoms with van der Waals surface area (Å²) in [6.07, 6.45) is 8.88. The molecule has 0 aromatic carbocycles. The second-order valence-electron chi connectivity index (χ2n) is 4.60. The standard InChI is InChI=1S/C12H21N5.HI/c1-16-10-11(9-15-16)8-14-12(13)17-6-4-2-3-5-7-17;/h9-10H,2-8H2,1H3,(H2,13,14);1H. The zero-order chi connectivity index (χ0) is 12.1. The maximum Gasteiger partial charge on any atom is 0.191 e. The van der Waals surface area contributed by atoms with Gasteiger partial charge in [0, 0.05) is 31.9 Å². The van der Waals surface area contributed by atoms with Crippen molar-refractivity contribution in [1.29, 1.82) is 0 Å². The third-order valence-corrected chi connectivity index (χ3v) is 3.11. The topological polar surface area (TPSA) is 59.4 Å². The minimum absolute atomic E-state index is 0. The van der Waals surface area contributed by atoms with Gasteiger partial charge in [0.2, 0.25) is 0 Å². The number of guanidine groups is 1. The molecule has 1 saturated heterocycles. The molecular weight excluding hydrogens is 341 g/mol. The highest BCUT2D eigenvalue weighted by atomic mass is 127. The smallest absolute Gasteiger partial charge is 0.191 e. The van der Waals surface area contributed by atoms with Gasteiger partial charge in [0.25, 0.3) is 0 Å². The van der Waals surface area contributed by atoms with Crippen LogP contribution in [0.5, 0.6) is 0 Å². The van der Waals surface area contributed by atoms with Gasteiger partial charge in [0.1, 0.15) is 0 Å². The zero-order valence-electron chi connectivity index (χ0n) is 10.9. The van der Waals surface area contributed by atoms with Crippen LogP contribution in [-0.2, 0) is 13.6 Å². The van der Waals surface area contributed by atoms with Gasteiger partial charge in [0.05, 0.1) is 12.7 Å². The molecule has 2 heterocycles. The van der Waals surface area contributed by atoms with Crippen LogP contribution in [0.15, 0.2) is 17.4 Å². The van der Waals surface area contributed by atoms with E-state index in [0.717, 1.165) is 18.7 Å². The molecule has 1 fully saturated rings. The summed E-state index contributed by atoms with van der Waals surface area (Å²) < 4.78 is 1.78. The molecule has 0 amide bonds. The van der Waals surface area contributed by atoms with Gasteiger partial charge in [-0.05, 0) is 12.8 Å². The van der Waals surface area contributed by atoms with Crippen LogP contribution in [0.1, 0.15) is 31.2 Å². The zero-order valence-corrected chi connectivity index (χ0v) is 13.2. The van der Waals surface area contributed by atoms with Crippen molar-refractivity contribution in [3.63, 3.8) is 0 Å². The number of nitrogens with zero attached hydrogens (tertiary/aromatic N) is 4. The highest BCUT2D eigenvalue weighted by molar-refractivity contribution is 14.0. The molecule has 1 aromatic rings. The number of nitrogens with two attached hydrogens (primary N) is 1. The van der Waals surface area contributed by atoms with Crippen LogP contribution in [0.4, 0.5) is 0 Å². The van der Waals surface area contributed by atoms with Gasteiger partial charge in [-0.3, -0.25) is 4.68 Å². The van der Waals surface area contributed by atoms with Crippen molar-refractivity contribution in [2.45, 2.75) is 32.2 Å². The van der Waals surface area contributed by atoms with E-state index < -0.39 is 0 Å². The van der Waals surface area contributed by atoms with E-state index >= 15 is 0 Å². The Kier molecular flexibility index (Phi) is 6.45. The van der Waals surface area contributed by atoms with Crippen LogP contribution in [-0.4, -0.2) is 33.7 Å². The van der Waals surface area contributed by atoms with Crippen molar-refractivity contribution in [1.82, 2.24) is 14.7 Å². The number of halogens is 1. The van der Waals surface area contributed by atoms with Gasteiger partial charge in [-0.2, -0.15) is 5.10 Å². The number of aromatic nitrogens is 2. The molecule has 2 N–H and O–H groups in total. The van der Waals surface area contributed by atoms with Crippen LogP contribution in [0, 0.1) is 0 Å². The molecule has 0 bridgehead atoms. The average Bonchev–Trinajstić information content (AvgIpc) is 2.58. The lowest BCUT2D eigenvalue weighted by molar-refractivity contribution is 0.428. The Morgan fingerprint density at radius 2 is 2.00 bits per heavy atom. The third-order valence-electron chi connectivity index (χ3n) is 3.11. The summed E-state index contributed by atoms with van der Waals surface area (Å²) in [7, 11) is 1.91. The highest BCUT2D eigenvalue weighted by Gasteiger charge is 2.10. The van der Waals surface area contributed by atoms with Crippen molar-refractivity contribution >= 4 is 29.9 Å². The molecule has 102 valence electrons. The van der Waals surface area contributed by atoms with Gasteiger partial charge in [0.15, 0.2) is 5.96 Å². The number of hydrogen-bond donors (Lipinski definition) is 1. The second kappa shape index (κ2) is 7.60. The highest BCUT2D eigenvalue weighted by Crippen LogP contribution is 2.09. The first-order chi connectivity index (χ1) is 8.25. The molecule has 0 radical (unpaired) electrons. The Balaban J connectivity index is 0.00000162. The van der Waals surface area contributed by atoms with Crippen LogP contribution >= 0.6 is 24.0 Å². The van der Waals surface area contributed by atoms with Crippen molar-refractivity contribution in [3.8, 4) is 0 Å². The van der Waals surface area contributed by atoms with E-state index in [1.165, 1.54) is 25.7 Å². The number of aryl methyl sites for hydroxylation is 1. The molecule has 0 aliphatic carbocycles. The molecule has 18 heavy (non-hydrogen) atoms. The van der Waals surface area contributed by atoms with Gasteiger partial charge in [-0.1, -0.05) is 12.8 Å². The fourth-order valence-electron chi connectivity index (χ4n) is 2.13. The molecule has 0 saturated carbocycles. The van der Waals surface area contributed by atoms with Gasteiger partial charge >= 0.3 is 0 Å². The summed E-state index contributed by atoms with van der Waals surface area (Å²) >= 11 is 0. The fourth-order valence-corrected chi connectivity index (χ4v) is 2.13. The fraction of sp³-hybridized carbons (Fsp3) is 0.667. The quantitative estimate of drug-likeness (QED) is 0.495. The van der Waals surface area contributed by atoms with E-state index in [-0.39, 0.29) is 24.0 Å². The minimum atomic E-state index is 0. The second-order valence-corrected chi connectivity index (χ2v) is 4.60. The molecule has 1 aromatic heterocycles. The average molecular weight is 363 g/mol. The monoisotopic (exact) mass is 363 g/mol. The molecule has 1 aliphatic rings. The number of hydrogen-bond acceptors (Lipinski definition) is 2. The lowest BCUT2D eigenvalue weighted by atomic mass is 10.2. The number of aliphatic imine (C=N–C) groups is 1. The summed E-state index contributed by atoms with van der Waals surface area (Å²) in [6, 6.07) is 0. The molecule has 6 heteroatoms. The Morgan fingerprint density at radius 1 is 1.33 bits per heavy atom. The summed E-state index contributed by atoms with van der Waals surface area (Å²) in [5.41, 5.74) is 7.12. The third kappa shape index (κ3) is 4.47. The van der Waals surface area contributed by atoms with Crippen molar-refractivity contribution in [2.75, 3.05) is 13.1 Å². The first-order valence-corrected chi connectivity index (χ1v) is 6.28. The molecule has 1 aliphatic heterocycles. The lowest BCUT2D eigenvalue weighted by Crippen LogP contribution is -2.38. The summed E-state index contributed by atoms with van der Waals surface area (Å²) in [5.74, 6) is 0.677. The molecule has 5 nitrogen and oxygen atoms in total. The van der Waals surface area contributed by atoms with E-state index in [2.05, 4.69) is 15.0 Å². The molecule has 0 spiro atoms. The molecule has 2 rings (SSSR count). The molecular formula is C12H22IN5. The summed E-state index contributed by atoms with van der Waals surface area (Å²) in [6.45, 7) is 2.71. The van der Waals surface area contributed by atoms with Gasteiger partial charge < -0.3 is 10.6 Å². The van der Waals surface area contributed by atoms with E-state index in [1.54, 1.807) is 4.68 Å². The van der Waals surface area contributed by atoms with E-state index in [4.69, 9.17) is 5.73 Å². The molecule has 0 unspecified atom stereocenters. The maximum absolute atomic E-state index is 6.02. The lowest BCUT2D eigenvalue weighted by Gasteiger charge is -2.20. The number of likely N-dealkylation sites (tertiary alicyclic amines) is 1. The van der Waals surface area contributed by atoms with Crippen LogP contribution in [0.3, 0.4) is 0 Å². The van der Waals surface area contributed by atoms with Crippen LogP contribution < -0.4 is 5.73 Å². The predicted octanol–water partition coefficient (Wildman–Crippen LogP) is 1.73. The van der Waals surface area contributed by atoms with Gasteiger partial charge in [-0.25, -0.2) is 4.99 Å². The largest absolute Gasteiger partial charge is 0.370 e. The van der Waals surface area contributed by atoms with Gasteiger partial charge in [-0.15, -0.1) is 24.0 Å². The van der Waals surface area contributed by atoms with Crippen molar-refractivity contribution < 1.29 is 0 Å². The summed E-state index contributed by atoms with van der Waals surface area (Å²) in [4.78, 5) is 6.64. The Morgan fingerprint density at radius 3 is 2.56 bits per heavy atom. The molecule has 0 atom stereocenters. The van der Waals surface area contributed by atoms with E-state index in [1.807, 2.05) is 19.4 Å². The number of rotatable bonds is 2. The Bertz CT molecular complexity index is 380. The first-order valence-electron chi connectivity index (χ1n) is 6.28. The maximum atomic E-state index is 6.02. The predicted molar refractivity (Wildman–Crippen MR) is 84.0 cm³/mol. The van der Waals surface area contributed by atoms with Crippen molar-refractivity contribution in [3.05, 3.63) is 18.0 Å². The minimum Gasteiger partial charge on any atom is -0.370 e. The van der Waals surface area contributed by atoms with E-state index in [9.17, 15) is 0 Å². The Labute approximate surface area is 125 Å². The summed E-state index contributed by atoms with van der Waals surface area (Å²) in [5, 5.41) is 4.12. The van der Waals surface area contributed by atoms with Crippen LogP contribution in [0.25, 0.3) is 0 Å². The van der Waals surface area contributed by atoms with E-state index in [0.29, 0.717) is 12.5 Å². The van der Waals surface area contributed by atoms with Crippen LogP contribution in [0.2, 0.25) is 0 Å². The van der Waals surface area contributed by atoms with Crippen molar-refractivity contribution in [2.24, 2.45) is 17.8 Å².